The summed E-state index contributed by atoms with van der Waals surface area (Å²) < 4.78 is 10.7. The Kier molecular flexibility index (Phi) is 5.01. The van der Waals surface area contributed by atoms with Crippen LogP contribution in [0.25, 0.3) is 0 Å². The summed E-state index contributed by atoms with van der Waals surface area (Å²) in [5, 5.41) is 0. The smallest absolute Gasteiger partial charge is 0.252 e. The number of para-hydroxylation sites is 2. The molecular weight excluding hydrogens is 392 g/mol. The first-order valence-corrected chi connectivity index (χ1v) is 9.09. The van der Waals surface area contributed by atoms with E-state index in [0.29, 0.717) is 11.5 Å². The minimum atomic E-state index is -1.65. The van der Waals surface area contributed by atoms with Crippen LogP contribution in [0.15, 0.2) is 60.7 Å². The van der Waals surface area contributed by atoms with Crippen LogP contribution in [0.2, 0.25) is 0 Å². The third-order valence-electron chi connectivity index (χ3n) is 4.83. The monoisotopic (exact) mass is 408 g/mol. The van der Waals surface area contributed by atoms with Crippen LogP contribution in [0, 0.1) is 11.8 Å². The first-order chi connectivity index (χ1) is 14.5. The van der Waals surface area contributed by atoms with Crippen molar-refractivity contribution in [3.8, 4) is 11.5 Å². The highest BCUT2D eigenvalue weighted by Gasteiger charge is 2.60. The molecule has 4 rings (SSSR count). The van der Waals surface area contributed by atoms with Gasteiger partial charge in [0.05, 0.1) is 0 Å². The van der Waals surface area contributed by atoms with Crippen LogP contribution in [0.1, 0.15) is 0 Å². The SMILES string of the molecule is O=C(C1C(=O)N(COc2ccccc2)C1=O)C1C(=O)N(COc2ccccc2)C1=O. The first-order valence-electron chi connectivity index (χ1n) is 9.09. The van der Waals surface area contributed by atoms with Crippen LogP contribution in [0.5, 0.6) is 11.5 Å². The van der Waals surface area contributed by atoms with Gasteiger partial charge < -0.3 is 9.47 Å². The lowest BCUT2D eigenvalue weighted by atomic mass is 9.81. The molecule has 2 aliphatic rings. The zero-order valence-electron chi connectivity index (χ0n) is 15.6. The average molecular weight is 408 g/mol. The molecule has 0 saturated carbocycles. The number of amides is 4. The fraction of sp³-hybridized carbons (Fsp3) is 0.190. The van der Waals surface area contributed by atoms with Crippen LogP contribution < -0.4 is 9.47 Å². The number of nitrogens with zero attached hydrogens (tertiary/aromatic N) is 2. The maximum atomic E-state index is 12.5. The molecule has 2 heterocycles. The second-order valence-electron chi connectivity index (χ2n) is 6.65. The van der Waals surface area contributed by atoms with E-state index >= 15 is 0 Å². The number of ether oxygens (including phenoxy) is 2. The van der Waals surface area contributed by atoms with E-state index in [1.165, 1.54) is 0 Å². The molecule has 2 aromatic rings. The summed E-state index contributed by atoms with van der Waals surface area (Å²) in [6, 6.07) is 17.1. The standard InChI is InChI=1S/C21H16N2O7/c24-17(15-18(25)22(19(15)26)11-29-13-7-3-1-4-8-13)16-20(27)23(21(16)28)12-30-14-9-5-2-6-10-14/h1-10,15-16H,11-12H2. The fourth-order valence-corrected chi connectivity index (χ4v) is 3.14. The molecule has 0 radical (unpaired) electrons. The average Bonchev–Trinajstić information content (AvgIpc) is 2.75. The van der Waals surface area contributed by atoms with Crippen molar-refractivity contribution in [2.45, 2.75) is 0 Å². The van der Waals surface area contributed by atoms with E-state index in [2.05, 4.69) is 0 Å². The summed E-state index contributed by atoms with van der Waals surface area (Å²) in [5.74, 6) is -6.58. The third kappa shape index (κ3) is 3.30. The Bertz CT molecular complexity index is 909. The molecular formula is C21H16N2O7. The molecule has 0 atom stereocenters. The summed E-state index contributed by atoms with van der Waals surface area (Å²) in [6.07, 6.45) is 0. The highest BCUT2D eigenvalue weighted by molar-refractivity contribution is 6.39. The lowest BCUT2D eigenvalue weighted by molar-refractivity contribution is -0.177. The van der Waals surface area contributed by atoms with E-state index in [4.69, 9.17) is 9.47 Å². The van der Waals surface area contributed by atoms with Crippen LogP contribution in [0.4, 0.5) is 0 Å². The number of carbonyl (C=O) groups is 5. The van der Waals surface area contributed by atoms with Gasteiger partial charge in [0, 0.05) is 0 Å². The van der Waals surface area contributed by atoms with Crippen molar-refractivity contribution in [1.29, 1.82) is 0 Å². The fourth-order valence-electron chi connectivity index (χ4n) is 3.14. The minimum Gasteiger partial charge on any atom is -0.473 e. The second-order valence-corrected chi connectivity index (χ2v) is 6.65. The molecule has 2 fully saturated rings. The molecule has 152 valence electrons. The number of imide groups is 2. The highest BCUT2D eigenvalue weighted by atomic mass is 16.5. The molecule has 4 amide bonds. The summed E-state index contributed by atoms with van der Waals surface area (Å²) >= 11 is 0. The van der Waals surface area contributed by atoms with Crippen LogP contribution in [-0.2, 0) is 24.0 Å². The summed E-state index contributed by atoms with van der Waals surface area (Å²) in [4.78, 5) is 62.9. The van der Waals surface area contributed by atoms with Crippen molar-refractivity contribution in [3.63, 3.8) is 0 Å². The van der Waals surface area contributed by atoms with Gasteiger partial charge in [0.15, 0.2) is 31.1 Å². The highest BCUT2D eigenvalue weighted by Crippen LogP contribution is 2.30. The lowest BCUT2D eigenvalue weighted by Gasteiger charge is -2.39. The van der Waals surface area contributed by atoms with Crippen molar-refractivity contribution >= 4 is 29.4 Å². The number of likely N-dealkylation sites (tertiary alicyclic amines) is 2. The van der Waals surface area contributed by atoms with Gasteiger partial charge in [-0.05, 0) is 24.3 Å². The van der Waals surface area contributed by atoms with Gasteiger partial charge in [0.2, 0.25) is 0 Å². The molecule has 30 heavy (non-hydrogen) atoms. The Labute approximate surface area is 170 Å². The van der Waals surface area contributed by atoms with Gasteiger partial charge >= 0.3 is 0 Å². The topological polar surface area (TPSA) is 110 Å². The van der Waals surface area contributed by atoms with Crippen molar-refractivity contribution in [1.82, 2.24) is 9.80 Å². The van der Waals surface area contributed by atoms with E-state index in [1.807, 2.05) is 0 Å². The van der Waals surface area contributed by atoms with Gasteiger partial charge in [-0.1, -0.05) is 36.4 Å². The largest absolute Gasteiger partial charge is 0.473 e. The summed E-state index contributed by atoms with van der Waals surface area (Å²) in [7, 11) is 0. The van der Waals surface area contributed by atoms with E-state index in [-0.39, 0.29) is 13.5 Å². The lowest BCUT2D eigenvalue weighted by Crippen LogP contribution is -2.68. The number of rotatable bonds is 8. The molecule has 0 unspecified atom stereocenters. The van der Waals surface area contributed by atoms with E-state index in [1.54, 1.807) is 60.7 Å². The van der Waals surface area contributed by atoms with Gasteiger partial charge in [-0.3, -0.25) is 24.0 Å². The molecule has 0 aliphatic carbocycles. The van der Waals surface area contributed by atoms with Crippen molar-refractivity contribution < 1.29 is 33.4 Å². The Morgan fingerprint density at radius 1 is 0.633 bits per heavy atom. The molecule has 2 aliphatic heterocycles. The molecule has 0 spiro atoms. The zero-order valence-corrected chi connectivity index (χ0v) is 15.6. The summed E-state index contributed by atoms with van der Waals surface area (Å²) in [6.45, 7) is -0.704. The zero-order chi connectivity index (χ0) is 21.3. The molecule has 9 heteroatoms. The second kappa shape index (κ2) is 7.78. The number of hydrogen-bond acceptors (Lipinski definition) is 7. The summed E-state index contributed by atoms with van der Waals surface area (Å²) in [5.41, 5.74) is 0. The van der Waals surface area contributed by atoms with Gasteiger partial charge in [-0.25, -0.2) is 9.80 Å². The number of carbonyl (C=O) groups excluding carboxylic acids is 5. The first kappa shape index (κ1) is 19.3. The normalized spacial score (nSPS) is 16.9. The predicted molar refractivity (Wildman–Crippen MR) is 99.6 cm³/mol. The van der Waals surface area contributed by atoms with Crippen LogP contribution in [-0.4, -0.2) is 52.7 Å². The maximum absolute atomic E-state index is 12.5. The van der Waals surface area contributed by atoms with Gasteiger partial charge in [0.25, 0.3) is 23.6 Å². The van der Waals surface area contributed by atoms with Gasteiger partial charge in [0.1, 0.15) is 11.5 Å². The molecule has 9 nitrogen and oxygen atoms in total. The number of ketones is 1. The Balaban J connectivity index is 1.31. The molecule has 0 N–H and O–H groups in total. The van der Waals surface area contributed by atoms with Crippen molar-refractivity contribution in [3.05, 3.63) is 60.7 Å². The van der Waals surface area contributed by atoms with E-state index in [9.17, 15) is 24.0 Å². The van der Waals surface area contributed by atoms with Crippen LogP contribution in [0.3, 0.4) is 0 Å². The van der Waals surface area contributed by atoms with Crippen molar-refractivity contribution in [2.24, 2.45) is 11.8 Å². The van der Waals surface area contributed by atoms with E-state index < -0.39 is 41.2 Å². The van der Waals surface area contributed by atoms with E-state index in [0.717, 1.165) is 9.80 Å². The van der Waals surface area contributed by atoms with Gasteiger partial charge in [-0.2, -0.15) is 0 Å². The molecule has 0 bridgehead atoms. The number of hydrogen-bond donors (Lipinski definition) is 0. The Morgan fingerprint density at radius 2 is 0.967 bits per heavy atom. The molecule has 2 saturated heterocycles. The minimum absolute atomic E-state index is 0.352. The number of benzene rings is 2. The van der Waals surface area contributed by atoms with Crippen molar-refractivity contribution in [2.75, 3.05) is 13.5 Å². The quantitative estimate of drug-likeness (QED) is 0.465. The van der Waals surface area contributed by atoms with Gasteiger partial charge in [-0.15, -0.1) is 0 Å². The number of β-lactam (4-membered cyclic amide) rings is 4. The van der Waals surface area contributed by atoms with Crippen LogP contribution >= 0.6 is 0 Å². The molecule has 0 aromatic heterocycles. The Morgan fingerprint density at radius 3 is 1.30 bits per heavy atom. The maximum Gasteiger partial charge on any atom is 0.252 e. The third-order valence-corrected chi connectivity index (χ3v) is 4.83. The predicted octanol–water partition coefficient (Wildman–Crippen LogP) is 0.598. The Hall–Kier alpha value is -4.01. The molecule has 2 aromatic carbocycles. The number of Topliss-reactive ketones (excluding diaryl/α,β-unsaturated/α-hetero) is 1.